The van der Waals surface area contributed by atoms with Gasteiger partial charge in [-0.25, -0.2) is 21.6 Å². The molecule has 163 valence electrons. The number of nitrogens with zero attached hydrogens (tertiary/aromatic N) is 1. The van der Waals surface area contributed by atoms with Gasteiger partial charge in [0.15, 0.2) is 0 Å². The number of aryl methyl sites for hydroxylation is 1. The first-order valence-corrected chi connectivity index (χ1v) is 11.3. The maximum absolute atomic E-state index is 14.8. The molecule has 1 radical (unpaired) electrons. The molecule has 0 amide bonds. The van der Waals surface area contributed by atoms with Gasteiger partial charge in [-0.05, 0) is 79.4 Å². The van der Waals surface area contributed by atoms with Crippen molar-refractivity contribution in [3.63, 3.8) is 0 Å². The zero-order chi connectivity index (χ0) is 22.8. The maximum Gasteiger partial charge on any atom is 0.264 e. The zero-order valence-corrected chi connectivity index (χ0v) is 18.2. The number of rotatable bonds is 7. The van der Waals surface area contributed by atoms with Crippen molar-refractivity contribution in [1.82, 2.24) is 0 Å². The highest BCUT2D eigenvalue weighted by molar-refractivity contribution is 7.92. The van der Waals surface area contributed by atoms with Crippen molar-refractivity contribution in [1.29, 1.82) is 0 Å². The van der Waals surface area contributed by atoms with Gasteiger partial charge < -0.3 is 0 Å². The van der Waals surface area contributed by atoms with Gasteiger partial charge in [-0.3, -0.25) is 4.31 Å². The number of hydrogen-bond acceptors (Lipinski definition) is 2. The summed E-state index contributed by atoms with van der Waals surface area (Å²) in [6.45, 7) is 5.29. The van der Waals surface area contributed by atoms with Crippen LogP contribution in [0.25, 0.3) is 0 Å². The smallest absolute Gasteiger partial charge is 0.256 e. The van der Waals surface area contributed by atoms with E-state index in [0.717, 1.165) is 22.5 Å². The molecule has 0 bridgehead atoms. The molecule has 0 fully saturated rings. The van der Waals surface area contributed by atoms with Gasteiger partial charge in [-0.1, -0.05) is 24.6 Å². The van der Waals surface area contributed by atoms with E-state index in [4.69, 9.17) is 11.6 Å². The third kappa shape index (κ3) is 4.88. The van der Waals surface area contributed by atoms with Gasteiger partial charge in [0.25, 0.3) is 10.0 Å². The van der Waals surface area contributed by atoms with Gasteiger partial charge in [-0.2, -0.15) is 0 Å². The molecule has 0 aliphatic carbocycles. The minimum atomic E-state index is -4.37. The normalized spacial score (nSPS) is 12.6. The first-order valence-electron chi connectivity index (χ1n) is 9.47. The fourth-order valence-corrected chi connectivity index (χ4v) is 5.18. The molecule has 0 unspecified atom stereocenters. The lowest BCUT2D eigenvalue weighted by Crippen LogP contribution is -2.35. The highest BCUT2D eigenvalue weighted by Crippen LogP contribution is 2.37. The second-order valence-electron chi connectivity index (χ2n) is 6.97. The van der Waals surface area contributed by atoms with E-state index < -0.39 is 39.2 Å². The Balaban J connectivity index is 2.25. The summed E-state index contributed by atoms with van der Waals surface area (Å²) in [5, 5.41) is 0.318. The first-order chi connectivity index (χ1) is 14.6. The van der Waals surface area contributed by atoms with E-state index in [1.165, 1.54) is 43.3 Å². The summed E-state index contributed by atoms with van der Waals surface area (Å²) in [7, 11) is -4.37. The third-order valence-electron chi connectivity index (χ3n) is 4.87. The van der Waals surface area contributed by atoms with Gasteiger partial charge in [-0.15, -0.1) is 0 Å². The standard InChI is InChI=1S/C23H20ClF3NO2S/c1-3-4-16-5-8-18(25)13-21(16)15(2)28(23-14-19(26)9-12-22(23)27)31(29,30)20-10-6-17(24)7-11-20/h5-15H,1,3-4H2,2H3/t15-/m1/s1. The van der Waals surface area contributed by atoms with Crippen LogP contribution in [0, 0.1) is 24.4 Å². The van der Waals surface area contributed by atoms with Crippen molar-refractivity contribution >= 4 is 27.3 Å². The summed E-state index contributed by atoms with van der Waals surface area (Å²) >= 11 is 5.87. The second kappa shape index (κ2) is 9.32. The van der Waals surface area contributed by atoms with E-state index in [1.807, 2.05) is 0 Å². The van der Waals surface area contributed by atoms with Crippen LogP contribution in [0.4, 0.5) is 18.9 Å². The Hall–Kier alpha value is -2.51. The quantitative estimate of drug-likeness (QED) is 0.399. The van der Waals surface area contributed by atoms with Crippen LogP contribution in [-0.2, 0) is 16.4 Å². The lowest BCUT2D eigenvalue weighted by Gasteiger charge is -2.32. The predicted octanol–water partition coefficient (Wildman–Crippen LogP) is 6.48. The second-order valence-corrected chi connectivity index (χ2v) is 9.22. The fraction of sp³-hybridized carbons (Fsp3) is 0.174. The number of halogens is 4. The molecule has 0 aliphatic heterocycles. The monoisotopic (exact) mass is 466 g/mol. The van der Waals surface area contributed by atoms with Gasteiger partial charge in [0.2, 0.25) is 0 Å². The molecule has 8 heteroatoms. The Morgan fingerprint density at radius 3 is 2.23 bits per heavy atom. The van der Waals surface area contributed by atoms with Crippen LogP contribution in [0.5, 0.6) is 0 Å². The summed E-state index contributed by atoms with van der Waals surface area (Å²) in [5.74, 6) is -2.31. The van der Waals surface area contributed by atoms with Crippen molar-refractivity contribution in [2.24, 2.45) is 0 Å². The highest BCUT2D eigenvalue weighted by Gasteiger charge is 2.33. The Bertz CT molecular complexity index is 1180. The van der Waals surface area contributed by atoms with E-state index in [1.54, 1.807) is 6.07 Å². The van der Waals surface area contributed by atoms with Crippen LogP contribution >= 0.6 is 11.6 Å². The number of anilines is 1. The van der Waals surface area contributed by atoms with E-state index >= 15 is 0 Å². The average Bonchev–Trinajstić information content (AvgIpc) is 2.72. The molecule has 3 aromatic rings. The van der Waals surface area contributed by atoms with Crippen molar-refractivity contribution in [3.8, 4) is 0 Å². The summed E-state index contributed by atoms with van der Waals surface area (Å²) in [6.07, 6.45) is 0.948. The van der Waals surface area contributed by atoms with Crippen LogP contribution in [0.15, 0.2) is 65.6 Å². The van der Waals surface area contributed by atoms with Gasteiger partial charge in [0.1, 0.15) is 17.5 Å². The molecule has 1 atom stereocenters. The minimum Gasteiger partial charge on any atom is -0.256 e. The molecular formula is C23H20ClF3NO2S. The number of sulfonamides is 1. The third-order valence-corrected chi connectivity index (χ3v) is 7.02. The van der Waals surface area contributed by atoms with Crippen molar-refractivity contribution in [2.75, 3.05) is 4.31 Å². The Morgan fingerprint density at radius 2 is 1.58 bits per heavy atom. The SMILES string of the molecule is [CH2]CCc1ccc(F)cc1[C@@H](C)N(c1cc(F)ccc1F)S(=O)(=O)c1ccc(Cl)cc1. The predicted molar refractivity (Wildman–Crippen MR) is 116 cm³/mol. The van der Waals surface area contributed by atoms with Crippen molar-refractivity contribution in [2.45, 2.75) is 30.7 Å². The molecule has 0 saturated heterocycles. The molecule has 0 spiro atoms. The summed E-state index contributed by atoms with van der Waals surface area (Å²) in [5.41, 5.74) is 0.522. The molecule has 0 heterocycles. The molecule has 0 N–H and O–H groups in total. The molecule has 0 saturated carbocycles. The fourth-order valence-electron chi connectivity index (χ4n) is 3.42. The molecule has 31 heavy (non-hydrogen) atoms. The lowest BCUT2D eigenvalue weighted by atomic mass is 9.97. The highest BCUT2D eigenvalue weighted by atomic mass is 35.5. The van der Waals surface area contributed by atoms with E-state index in [9.17, 15) is 21.6 Å². The van der Waals surface area contributed by atoms with Gasteiger partial charge in [0, 0.05) is 11.1 Å². The molecular weight excluding hydrogens is 447 g/mol. The largest absolute Gasteiger partial charge is 0.264 e. The molecule has 3 rings (SSSR count). The summed E-state index contributed by atoms with van der Waals surface area (Å²) < 4.78 is 70.8. The lowest BCUT2D eigenvalue weighted by molar-refractivity contribution is 0.568. The number of hydrogen-bond donors (Lipinski definition) is 0. The summed E-state index contributed by atoms with van der Waals surface area (Å²) in [4.78, 5) is -0.164. The minimum absolute atomic E-state index is 0.164. The van der Waals surface area contributed by atoms with Crippen LogP contribution in [0.3, 0.4) is 0 Å². The summed E-state index contributed by atoms with van der Waals surface area (Å²) in [6, 6.07) is 10.8. The maximum atomic E-state index is 14.8. The molecule has 3 nitrogen and oxygen atoms in total. The average molecular weight is 467 g/mol. The Morgan fingerprint density at radius 1 is 0.968 bits per heavy atom. The van der Waals surface area contributed by atoms with Crippen LogP contribution in [0.1, 0.15) is 30.5 Å². The van der Waals surface area contributed by atoms with Crippen molar-refractivity contribution in [3.05, 3.63) is 101 Å². The van der Waals surface area contributed by atoms with Crippen LogP contribution in [-0.4, -0.2) is 8.42 Å². The number of benzene rings is 3. The Kier molecular flexibility index (Phi) is 6.96. The Labute approximate surface area is 185 Å². The molecule has 0 aromatic heterocycles. The van der Waals surface area contributed by atoms with Crippen LogP contribution < -0.4 is 4.31 Å². The molecule has 3 aromatic carbocycles. The molecule has 0 aliphatic rings. The van der Waals surface area contributed by atoms with Gasteiger partial charge >= 0.3 is 0 Å². The van der Waals surface area contributed by atoms with Gasteiger partial charge in [0.05, 0.1) is 16.6 Å². The zero-order valence-electron chi connectivity index (χ0n) is 16.7. The van der Waals surface area contributed by atoms with Crippen molar-refractivity contribution < 1.29 is 21.6 Å². The van der Waals surface area contributed by atoms with E-state index in [2.05, 4.69) is 6.92 Å². The first kappa shape index (κ1) is 23.2. The van der Waals surface area contributed by atoms with E-state index in [-0.39, 0.29) is 4.90 Å². The van der Waals surface area contributed by atoms with Crippen LogP contribution in [0.2, 0.25) is 5.02 Å². The topological polar surface area (TPSA) is 37.4 Å². The van der Waals surface area contributed by atoms with E-state index in [0.29, 0.717) is 29.0 Å².